The standard InChI is InChI=1S/C19H21BrN2O4/c1-12-8-15(10-18(23)21(12)2)26-14-6-7-22(11-14)19(24)16-9-13(25-3)4-5-17(16)20/h4-5,8-10,14H,6-7,11H2,1-3H3. The average molecular weight is 421 g/mol. The van der Waals surface area contributed by atoms with Crippen LogP contribution in [0.25, 0.3) is 0 Å². The summed E-state index contributed by atoms with van der Waals surface area (Å²) < 4.78 is 13.4. The Morgan fingerprint density at radius 1 is 1.23 bits per heavy atom. The maximum absolute atomic E-state index is 12.8. The van der Waals surface area contributed by atoms with E-state index in [1.165, 1.54) is 6.07 Å². The molecule has 0 spiro atoms. The highest BCUT2D eigenvalue weighted by Gasteiger charge is 2.29. The average Bonchev–Trinajstić information content (AvgIpc) is 3.08. The number of carbonyl (C=O) groups is 1. The van der Waals surface area contributed by atoms with Gasteiger partial charge in [-0.1, -0.05) is 0 Å². The van der Waals surface area contributed by atoms with E-state index in [4.69, 9.17) is 9.47 Å². The first-order chi connectivity index (χ1) is 12.4. The molecule has 2 aromatic rings. The Kier molecular flexibility index (Phi) is 5.36. The van der Waals surface area contributed by atoms with E-state index < -0.39 is 0 Å². The van der Waals surface area contributed by atoms with Gasteiger partial charge in [0.25, 0.3) is 11.5 Å². The van der Waals surface area contributed by atoms with Crippen LogP contribution in [0.2, 0.25) is 0 Å². The normalized spacial score (nSPS) is 16.6. The third-order valence-electron chi connectivity index (χ3n) is 4.62. The lowest BCUT2D eigenvalue weighted by molar-refractivity contribution is 0.0771. The van der Waals surface area contributed by atoms with Gasteiger partial charge in [-0.3, -0.25) is 9.59 Å². The summed E-state index contributed by atoms with van der Waals surface area (Å²) in [5.41, 5.74) is 1.29. The highest BCUT2D eigenvalue weighted by Crippen LogP contribution is 2.26. The van der Waals surface area contributed by atoms with Crippen LogP contribution < -0.4 is 15.0 Å². The predicted octanol–water partition coefficient (Wildman–Crippen LogP) is 2.76. The fourth-order valence-corrected chi connectivity index (χ4v) is 3.39. The van der Waals surface area contributed by atoms with E-state index in [1.54, 1.807) is 41.8 Å². The Morgan fingerprint density at radius 2 is 2.00 bits per heavy atom. The Balaban J connectivity index is 1.71. The van der Waals surface area contributed by atoms with Crippen LogP contribution in [0, 0.1) is 6.92 Å². The minimum atomic E-state index is -0.130. The second-order valence-corrected chi connectivity index (χ2v) is 7.21. The smallest absolute Gasteiger partial charge is 0.255 e. The van der Waals surface area contributed by atoms with Crippen molar-refractivity contribution in [3.63, 3.8) is 0 Å². The molecule has 0 aliphatic carbocycles. The molecule has 138 valence electrons. The third-order valence-corrected chi connectivity index (χ3v) is 5.31. The molecule has 0 N–H and O–H groups in total. The second kappa shape index (κ2) is 7.53. The van der Waals surface area contributed by atoms with E-state index in [9.17, 15) is 9.59 Å². The highest BCUT2D eigenvalue weighted by molar-refractivity contribution is 9.10. The molecule has 6 nitrogen and oxygen atoms in total. The Labute approximate surface area is 160 Å². The molecule has 2 heterocycles. The summed E-state index contributed by atoms with van der Waals surface area (Å²) in [6, 6.07) is 8.65. The molecule has 3 rings (SSSR count). The highest BCUT2D eigenvalue weighted by atomic mass is 79.9. The van der Waals surface area contributed by atoms with Crippen LogP contribution in [0.4, 0.5) is 0 Å². The van der Waals surface area contributed by atoms with E-state index in [0.29, 0.717) is 30.2 Å². The number of aromatic nitrogens is 1. The first-order valence-electron chi connectivity index (χ1n) is 8.36. The SMILES string of the molecule is COc1ccc(Br)c(C(=O)N2CCC(Oc3cc(C)n(C)c(=O)c3)C2)c1. The van der Waals surface area contributed by atoms with Crippen molar-refractivity contribution in [3.05, 3.63) is 56.4 Å². The Hall–Kier alpha value is -2.28. The number of pyridine rings is 1. The van der Waals surface area contributed by atoms with Gasteiger partial charge in [-0.05, 0) is 47.1 Å². The second-order valence-electron chi connectivity index (χ2n) is 6.36. The summed E-state index contributed by atoms with van der Waals surface area (Å²) in [5, 5.41) is 0. The van der Waals surface area contributed by atoms with E-state index in [2.05, 4.69) is 15.9 Å². The number of aryl methyl sites for hydroxylation is 1. The summed E-state index contributed by atoms with van der Waals surface area (Å²) >= 11 is 3.43. The molecule has 1 amide bonds. The Bertz CT molecular complexity index is 894. The van der Waals surface area contributed by atoms with Gasteiger partial charge >= 0.3 is 0 Å². The molecular weight excluding hydrogens is 400 g/mol. The van der Waals surface area contributed by atoms with E-state index in [-0.39, 0.29) is 17.6 Å². The molecule has 1 aliphatic rings. The van der Waals surface area contributed by atoms with E-state index in [0.717, 1.165) is 16.6 Å². The molecule has 1 aromatic carbocycles. The molecule has 1 unspecified atom stereocenters. The molecule has 1 aromatic heterocycles. The first kappa shape index (κ1) is 18.5. The quantitative estimate of drug-likeness (QED) is 0.762. The fourth-order valence-electron chi connectivity index (χ4n) is 2.97. The number of methoxy groups -OCH3 is 1. The van der Waals surface area contributed by atoms with Gasteiger partial charge in [0.05, 0.1) is 19.2 Å². The van der Waals surface area contributed by atoms with Gasteiger partial charge in [-0.25, -0.2) is 0 Å². The zero-order valence-corrected chi connectivity index (χ0v) is 16.6. The maximum Gasteiger partial charge on any atom is 0.255 e. The number of ether oxygens (including phenoxy) is 2. The van der Waals surface area contributed by atoms with Crippen LogP contribution in [0.3, 0.4) is 0 Å². The van der Waals surface area contributed by atoms with Crippen LogP contribution in [-0.4, -0.2) is 41.7 Å². The number of carbonyl (C=O) groups excluding carboxylic acids is 1. The number of benzene rings is 1. The monoisotopic (exact) mass is 420 g/mol. The summed E-state index contributed by atoms with van der Waals surface area (Å²) in [5.74, 6) is 1.12. The van der Waals surface area contributed by atoms with Gasteiger partial charge < -0.3 is 18.9 Å². The van der Waals surface area contributed by atoms with E-state index >= 15 is 0 Å². The fraction of sp³-hybridized carbons (Fsp3) is 0.368. The summed E-state index contributed by atoms with van der Waals surface area (Å²) in [6.07, 6.45) is 0.594. The van der Waals surface area contributed by atoms with Crippen molar-refractivity contribution in [1.82, 2.24) is 9.47 Å². The van der Waals surface area contributed by atoms with Crippen molar-refractivity contribution in [2.75, 3.05) is 20.2 Å². The van der Waals surface area contributed by atoms with Gasteiger partial charge in [0, 0.05) is 36.2 Å². The zero-order valence-electron chi connectivity index (χ0n) is 15.0. The molecule has 0 bridgehead atoms. The van der Waals surface area contributed by atoms with Gasteiger partial charge in [0.2, 0.25) is 0 Å². The van der Waals surface area contributed by atoms with Crippen LogP contribution in [0.15, 0.2) is 39.6 Å². The van der Waals surface area contributed by atoms with Crippen molar-refractivity contribution < 1.29 is 14.3 Å². The number of hydrogen-bond acceptors (Lipinski definition) is 4. The van der Waals surface area contributed by atoms with Crippen molar-refractivity contribution in [2.24, 2.45) is 7.05 Å². The number of nitrogens with zero attached hydrogens (tertiary/aromatic N) is 2. The Morgan fingerprint density at radius 3 is 2.69 bits per heavy atom. The number of hydrogen-bond donors (Lipinski definition) is 0. The van der Waals surface area contributed by atoms with Gasteiger partial charge in [0.15, 0.2) is 0 Å². The maximum atomic E-state index is 12.8. The lowest BCUT2D eigenvalue weighted by Gasteiger charge is -2.18. The van der Waals surface area contributed by atoms with Crippen LogP contribution in [-0.2, 0) is 7.05 Å². The molecule has 1 fully saturated rings. The molecule has 1 saturated heterocycles. The number of rotatable bonds is 4. The number of halogens is 1. The number of amides is 1. The van der Waals surface area contributed by atoms with E-state index in [1.807, 2.05) is 13.0 Å². The van der Waals surface area contributed by atoms with Crippen molar-refractivity contribution >= 4 is 21.8 Å². The van der Waals surface area contributed by atoms with Crippen LogP contribution >= 0.6 is 15.9 Å². The molecular formula is C19H21BrN2O4. The molecule has 26 heavy (non-hydrogen) atoms. The van der Waals surface area contributed by atoms with Crippen molar-refractivity contribution in [2.45, 2.75) is 19.4 Å². The summed E-state index contributed by atoms with van der Waals surface area (Å²) in [6.45, 7) is 2.95. The topological polar surface area (TPSA) is 60.8 Å². The number of likely N-dealkylation sites (tertiary alicyclic amines) is 1. The van der Waals surface area contributed by atoms with Crippen LogP contribution in [0.5, 0.6) is 11.5 Å². The molecule has 0 saturated carbocycles. The zero-order chi connectivity index (χ0) is 18.8. The largest absolute Gasteiger partial charge is 0.497 e. The minimum Gasteiger partial charge on any atom is -0.497 e. The molecule has 1 aliphatic heterocycles. The van der Waals surface area contributed by atoms with Gasteiger partial charge in [0.1, 0.15) is 17.6 Å². The first-order valence-corrected chi connectivity index (χ1v) is 9.15. The lowest BCUT2D eigenvalue weighted by atomic mass is 10.2. The lowest BCUT2D eigenvalue weighted by Crippen LogP contribution is -2.31. The van der Waals surface area contributed by atoms with Crippen molar-refractivity contribution in [1.29, 1.82) is 0 Å². The molecule has 7 heteroatoms. The molecule has 0 radical (unpaired) electrons. The van der Waals surface area contributed by atoms with Gasteiger partial charge in [-0.15, -0.1) is 0 Å². The van der Waals surface area contributed by atoms with Crippen LogP contribution in [0.1, 0.15) is 22.5 Å². The molecule has 1 atom stereocenters. The summed E-state index contributed by atoms with van der Waals surface area (Å²) in [4.78, 5) is 26.5. The predicted molar refractivity (Wildman–Crippen MR) is 102 cm³/mol. The third kappa shape index (κ3) is 3.77. The minimum absolute atomic E-state index is 0.0676. The van der Waals surface area contributed by atoms with Crippen molar-refractivity contribution in [3.8, 4) is 11.5 Å². The van der Waals surface area contributed by atoms with Gasteiger partial charge in [-0.2, -0.15) is 0 Å². The summed E-state index contributed by atoms with van der Waals surface area (Å²) in [7, 11) is 3.30.